The van der Waals surface area contributed by atoms with Crippen LogP contribution >= 0.6 is 0 Å². The fraction of sp³-hybridized carbons (Fsp3) is 0.385. The van der Waals surface area contributed by atoms with Gasteiger partial charge in [-0.1, -0.05) is 24.3 Å². The van der Waals surface area contributed by atoms with E-state index >= 15 is 0 Å². The molecule has 1 aliphatic rings. The van der Waals surface area contributed by atoms with Gasteiger partial charge < -0.3 is 15.0 Å². The lowest BCUT2D eigenvalue weighted by molar-refractivity contribution is 0.112. The summed E-state index contributed by atoms with van der Waals surface area (Å²) >= 11 is 0. The molecule has 1 N–H and O–H groups in total. The van der Waals surface area contributed by atoms with E-state index in [0.717, 1.165) is 11.8 Å². The molecule has 0 saturated carbocycles. The van der Waals surface area contributed by atoms with Gasteiger partial charge in [0, 0.05) is 39.4 Å². The van der Waals surface area contributed by atoms with Crippen LogP contribution in [0, 0.1) is 0 Å². The standard InChI is InChI=1S/C11H12N2O2.C2H6O/c14-8-10-4-2-1-3-9(10)7-13-6-5-12-11(13)15;1-3-2/h1-4,8H,5-7H2,(H,12,15);1-2H3. The Kier molecular flexibility index (Phi) is 5.87. The van der Waals surface area contributed by atoms with E-state index < -0.39 is 0 Å². The molecule has 1 aromatic rings. The van der Waals surface area contributed by atoms with Gasteiger partial charge >= 0.3 is 6.03 Å². The van der Waals surface area contributed by atoms with Gasteiger partial charge in [-0.15, -0.1) is 0 Å². The number of aldehydes is 1. The lowest BCUT2D eigenvalue weighted by atomic mass is 10.1. The van der Waals surface area contributed by atoms with Crippen molar-refractivity contribution in [2.45, 2.75) is 6.54 Å². The van der Waals surface area contributed by atoms with Crippen molar-refractivity contribution in [3.63, 3.8) is 0 Å². The molecule has 0 radical (unpaired) electrons. The average molecular weight is 250 g/mol. The number of nitrogens with one attached hydrogen (secondary N) is 1. The summed E-state index contributed by atoms with van der Waals surface area (Å²) in [6.07, 6.45) is 0.823. The molecule has 0 aromatic heterocycles. The summed E-state index contributed by atoms with van der Waals surface area (Å²) in [6.45, 7) is 1.88. The van der Waals surface area contributed by atoms with Crippen LogP contribution in [0.5, 0.6) is 0 Å². The molecule has 2 amide bonds. The number of urea groups is 1. The Morgan fingerprint density at radius 2 is 2.06 bits per heavy atom. The van der Waals surface area contributed by atoms with Crippen molar-refractivity contribution in [1.29, 1.82) is 0 Å². The number of rotatable bonds is 3. The quantitative estimate of drug-likeness (QED) is 0.822. The van der Waals surface area contributed by atoms with Crippen LogP contribution in [-0.2, 0) is 11.3 Å². The lowest BCUT2D eigenvalue weighted by Gasteiger charge is -2.14. The predicted molar refractivity (Wildman–Crippen MR) is 68.6 cm³/mol. The number of amides is 2. The molecule has 5 heteroatoms. The van der Waals surface area contributed by atoms with Gasteiger partial charge in [0.05, 0.1) is 0 Å². The number of nitrogens with zero attached hydrogens (tertiary/aromatic N) is 1. The SMILES string of the molecule is COC.O=Cc1ccccc1CN1CCNC1=O. The van der Waals surface area contributed by atoms with Crippen LogP contribution in [0.25, 0.3) is 0 Å². The lowest BCUT2D eigenvalue weighted by Crippen LogP contribution is -2.27. The Morgan fingerprint density at radius 3 is 2.61 bits per heavy atom. The maximum atomic E-state index is 11.3. The number of hydrogen-bond acceptors (Lipinski definition) is 3. The Bertz CT molecular complexity index is 407. The first-order valence-electron chi connectivity index (χ1n) is 5.69. The highest BCUT2D eigenvalue weighted by atomic mass is 16.4. The van der Waals surface area contributed by atoms with Gasteiger partial charge in [0.1, 0.15) is 6.29 Å². The number of ether oxygens (including phenoxy) is 1. The molecule has 0 unspecified atom stereocenters. The number of carbonyl (C=O) groups excluding carboxylic acids is 2. The highest BCUT2D eigenvalue weighted by Gasteiger charge is 2.19. The Hall–Kier alpha value is -1.88. The first kappa shape index (κ1) is 14.2. The molecule has 0 spiro atoms. The molecule has 1 aliphatic heterocycles. The zero-order chi connectivity index (χ0) is 13.4. The molecule has 1 heterocycles. The topological polar surface area (TPSA) is 58.6 Å². The van der Waals surface area contributed by atoms with Gasteiger partial charge in [0.25, 0.3) is 0 Å². The van der Waals surface area contributed by atoms with E-state index in [-0.39, 0.29) is 6.03 Å². The van der Waals surface area contributed by atoms with Crippen LogP contribution in [0.1, 0.15) is 15.9 Å². The molecular weight excluding hydrogens is 232 g/mol. The van der Waals surface area contributed by atoms with Crippen LogP contribution in [-0.4, -0.2) is 44.5 Å². The number of benzene rings is 1. The van der Waals surface area contributed by atoms with Crippen LogP contribution in [0.15, 0.2) is 24.3 Å². The molecule has 1 saturated heterocycles. The number of hydrogen-bond donors (Lipinski definition) is 1. The van der Waals surface area contributed by atoms with Gasteiger partial charge in [-0.2, -0.15) is 0 Å². The van der Waals surface area contributed by atoms with E-state index in [9.17, 15) is 9.59 Å². The molecule has 18 heavy (non-hydrogen) atoms. The van der Waals surface area contributed by atoms with Gasteiger partial charge in [-0.05, 0) is 5.56 Å². The van der Waals surface area contributed by atoms with Gasteiger partial charge in [-0.25, -0.2) is 4.79 Å². The summed E-state index contributed by atoms with van der Waals surface area (Å²) in [6, 6.07) is 7.26. The minimum atomic E-state index is -0.0595. The van der Waals surface area contributed by atoms with Crippen molar-refractivity contribution >= 4 is 12.3 Å². The predicted octanol–water partition coefficient (Wildman–Crippen LogP) is 1.29. The smallest absolute Gasteiger partial charge is 0.317 e. The highest BCUT2D eigenvalue weighted by molar-refractivity contribution is 5.79. The van der Waals surface area contributed by atoms with Crippen molar-refractivity contribution in [2.75, 3.05) is 27.3 Å². The maximum absolute atomic E-state index is 11.3. The molecule has 1 aromatic carbocycles. The molecule has 0 atom stereocenters. The van der Waals surface area contributed by atoms with E-state index in [1.165, 1.54) is 0 Å². The van der Waals surface area contributed by atoms with Crippen molar-refractivity contribution in [3.8, 4) is 0 Å². The number of methoxy groups -OCH3 is 1. The summed E-state index contributed by atoms with van der Waals surface area (Å²) in [5.74, 6) is 0. The van der Waals surface area contributed by atoms with E-state index in [1.54, 1.807) is 25.2 Å². The normalized spacial score (nSPS) is 13.7. The summed E-state index contributed by atoms with van der Waals surface area (Å²) in [4.78, 5) is 23.8. The minimum Gasteiger partial charge on any atom is -0.388 e. The van der Waals surface area contributed by atoms with E-state index in [4.69, 9.17) is 0 Å². The van der Waals surface area contributed by atoms with Crippen molar-refractivity contribution in [3.05, 3.63) is 35.4 Å². The maximum Gasteiger partial charge on any atom is 0.317 e. The zero-order valence-corrected chi connectivity index (χ0v) is 10.7. The molecular formula is C13H18N2O3. The molecule has 2 rings (SSSR count). The van der Waals surface area contributed by atoms with E-state index in [2.05, 4.69) is 10.1 Å². The largest absolute Gasteiger partial charge is 0.388 e. The summed E-state index contributed by atoms with van der Waals surface area (Å²) in [5, 5.41) is 2.73. The second-order valence-electron chi connectivity index (χ2n) is 3.88. The fourth-order valence-electron chi connectivity index (χ4n) is 1.66. The molecule has 98 valence electrons. The van der Waals surface area contributed by atoms with Crippen LogP contribution in [0.4, 0.5) is 4.79 Å². The molecule has 0 aliphatic carbocycles. The van der Waals surface area contributed by atoms with Crippen molar-refractivity contribution in [2.24, 2.45) is 0 Å². The van der Waals surface area contributed by atoms with Crippen LogP contribution < -0.4 is 5.32 Å². The molecule has 1 fully saturated rings. The molecule has 5 nitrogen and oxygen atoms in total. The number of carbonyl (C=O) groups is 2. The minimum absolute atomic E-state index is 0.0595. The third kappa shape index (κ3) is 3.85. The third-order valence-corrected chi connectivity index (χ3v) is 2.49. The summed E-state index contributed by atoms with van der Waals surface area (Å²) < 4.78 is 4.25. The average Bonchev–Trinajstić information content (AvgIpc) is 2.77. The third-order valence-electron chi connectivity index (χ3n) is 2.49. The van der Waals surface area contributed by atoms with Crippen molar-refractivity contribution < 1.29 is 14.3 Å². The fourth-order valence-corrected chi connectivity index (χ4v) is 1.66. The van der Waals surface area contributed by atoms with E-state index in [0.29, 0.717) is 25.2 Å². The summed E-state index contributed by atoms with van der Waals surface area (Å²) in [5.41, 5.74) is 1.54. The second-order valence-corrected chi connectivity index (χ2v) is 3.88. The van der Waals surface area contributed by atoms with Gasteiger partial charge in [0.2, 0.25) is 0 Å². The Labute approximate surface area is 107 Å². The van der Waals surface area contributed by atoms with Gasteiger partial charge in [0.15, 0.2) is 0 Å². The Morgan fingerprint density at radius 1 is 1.39 bits per heavy atom. The Balaban J connectivity index is 0.000000492. The second kappa shape index (κ2) is 7.45. The monoisotopic (exact) mass is 250 g/mol. The van der Waals surface area contributed by atoms with Gasteiger partial charge in [-0.3, -0.25) is 4.79 Å². The summed E-state index contributed by atoms with van der Waals surface area (Å²) in [7, 11) is 3.25. The molecule has 0 bridgehead atoms. The van der Waals surface area contributed by atoms with E-state index in [1.807, 2.05) is 18.2 Å². The zero-order valence-electron chi connectivity index (χ0n) is 10.7. The highest BCUT2D eigenvalue weighted by Crippen LogP contribution is 2.11. The first-order chi connectivity index (χ1) is 8.72. The first-order valence-corrected chi connectivity index (χ1v) is 5.69. The van der Waals surface area contributed by atoms with Crippen molar-refractivity contribution in [1.82, 2.24) is 10.2 Å². The van der Waals surface area contributed by atoms with Crippen LogP contribution in [0.2, 0.25) is 0 Å². The van der Waals surface area contributed by atoms with Crippen LogP contribution in [0.3, 0.4) is 0 Å².